The molecule has 0 aliphatic heterocycles. The molecule has 4 aromatic rings. The predicted molar refractivity (Wildman–Crippen MR) is 117 cm³/mol. The maximum absolute atomic E-state index is 12.9. The van der Waals surface area contributed by atoms with Gasteiger partial charge in [-0.3, -0.25) is 24.0 Å². The molecule has 0 saturated heterocycles. The number of nitrogens with one attached hydrogen (secondary N) is 1. The summed E-state index contributed by atoms with van der Waals surface area (Å²) in [5, 5.41) is 11.6. The van der Waals surface area contributed by atoms with E-state index < -0.39 is 23.7 Å². The van der Waals surface area contributed by atoms with Crippen LogP contribution in [-0.4, -0.2) is 35.2 Å². The van der Waals surface area contributed by atoms with Crippen LogP contribution in [-0.2, 0) is 24.8 Å². The summed E-state index contributed by atoms with van der Waals surface area (Å²) in [6.07, 6.45) is 2.08. The van der Waals surface area contributed by atoms with E-state index in [9.17, 15) is 14.4 Å². The first-order valence-electron chi connectivity index (χ1n) is 9.53. The van der Waals surface area contributed by atoms with Crippen LogP contribution in [0.15, 0.2) is 40.1 Å². The van der Waals surface area contributed by atoms with Gasteiger partial charge in [0.2, 0.25) is 11.0 Å². The van der Waals surface area contributed by atoms with E-state index in [1.54, 1.807) is 0 Å². The van der Waals surface area contributed by atoms with E-state index in [-0.39, 0.29) is 11.0 Å². The first-order chi connectivity index (χ1) is 14.9. The highest BCUT2D eigenvalue weighted by atomic mass is 32.1. The molecule has 0 bridgehead atoms. The molecule has 0 saturated carbocycles. The summed E-state index contributed by atoms with van der Waals surface area (Å²) in [4.78, 5) is 46.8. The van der Waals surface area contributed by atoms with Gasteiger partial charge in [0, 0.05) is 18.8 Å². The molecule has 158 valence electrons. The minimum Gasteiger partial charge on any atom is -0.299 e. The van der Waals surface area contributed by atoms with Crippen molar-refractivity contribution < 1.29 is 4.79 Å². The first-order valence-corrected chi connectivity index (χ1v) is 10.3. The third kappa shape index (κ3) is 3.99. The summed E-state index contributed by atoms with van der Waals surface area (Å²) in [5.41, 5.74) is 0.793. The highest BCUT2D eigenvalue weighted by Gasteiger charge is 2.17. The van der Waals surface area contributed by atoms with Gasteiger partial charge in [-0.25, -0.2) is 14.8 Å². The lowest BCUT2D eigenvalue weighted by Gasteiger charge is -2.10. The number of carbonyl (C=O) groups excluding carboxylic acids is 1. The molecule has 1 amide bonds. The highest BCUT2D eigenvalue weighted by molar-refractivity contribution is 7.15. The Morgan fingerprint density at radius 2 is 1.90 bits per heavy atom. The third-order valence-corrected chi connectivity index (χ3v) is 5.69. The molecule has 3 aromatic heterocycles. The van der Waals surface area contributed by atoms with Crippen molar-refractivity contribution in [1.82, 2.24) is 29.3 Å². The standard InChI is InChI=1S/C20H19N7O3S/c1-4-15-24-25-19(31-15)22-14(28)10-27-18(29)13-9-21-16(12-7-5-11(2)6-8-12)23-17(13)26(3)20(27)30/h5-9H,4,10H2,1-3H3,(H,22,25,28). The molecule has 10 nitrogen and oxygen atoms in total. The highest BCUT2D eigenvalue weighted by Crippen LogP contribution is 2.17. The van der Waals surface area contributed by atoms with Crippen LogP contribution in [0.3, 0.4) is 0 Å². The fourth-order valence-electron chi connectivity index (χ4n) is 3.01. The number of hydrogen-bond donors (Lipinski definition) is 1. The molecule has 0 atom stereocenters. The van der Waals surface area contributed by atoms with Crippen molar-refractivity contribution in [2.45, 2.75) is 26.8 Å². The third-order valence-electron chi connectivity index (χ3n) is 4.71. The molecule has 4 rings (SSSR count). The van der Waals surface area contributed by atoms with Crippen molar-refractivity contribution in [3.8, 4) is 11.4 Å². The predicted octanol–water partition coefficient (Wildman–Crippen LogP) is 1.52. The van der Waals surface area contributed by atoms with E-state index in [0.29, 0.717) is 17.4 Å². The minimum absolute atomic E-state index is 0.148. The second-order valence-electron chi connectivity index (χ2n) is 6.93. The van der Waals surface area contributed by atoms with Crippen LogP contribution in [0, 0.1) is 6.92 Å². The smallest absolute Gasteiger partial charge is 0.299 e. The number of rotatable bonds is 5. The number of benzene rings is 1. The zero-order chi connectivity index (χ0) is 22.1. The Bertz CT molecular complexity index is 1400. The number of anilines is 1. The Morgan fingerprint density at radius 3 is 2.58 bits per heavy atom. The molecule has 0 aliphatic carbocycles. The topological polar surface area (TPSA) is 125 Å². The fraction of sp³-hybridized carbons (Fsp3) is 0.250. The molecule has 0 spiro atoms. The number of fused-ring (bicyclic) bond motifs is 1. The first kappa shape index (κ1) is 20.5. The summed E-state index contributed by atoms with van der Waals surface area (Å²) in [5.74, 6) is -0.144. The van der Waals surface area contributed by atoms with Gasteiger partial charge in [0.25, 0.3) is 5.56 Å². The molecule has 0 radical (unpaired) electrons. The number of carbonyl (C=O) groups is 1. The van der Waals surface area contributed by atoms with Gasteiger partial charge in [-0.2, -0.15) is 0 Å². The van der Waals surface area contributed by atoms with Crippen molar-refractivity contribution in [3.05, 3.63) is 61.9 Å². The second-order valence-corrected chi connectivity index (χ2v) is 7.99. The molecule has 0 unspecified atom stereocenters. The Balaban J connectivity index is 1.69. The van der Waals surface area contributed by atoms with E-state index >= 15 is 0 Å². The number of nitrogens with zero attached hydrogens (tertiary/aromatic N) is 6. The van der Waals surface area contributed by atoms with Crippen molar-refractivity contribution in [1.29, 1.82) is 0 Å². The summed E-state index contributed by atoms with van der Waals surface area (Å²) < 4.78 is 2.10. The maximum atomic E-state index is 12.9. The molecule has 3 heterocycles. The minimum atomic E-state index is -0.646. The van der Waals surface area contributed by atoms with Gasteiger partial charge in [-0.1, -0.05) is 48.1 Å². The van der Waals surface area contributed by atoms with E-state index in [4.69, 9.17) is 0 Å². The van der Waals surface area contributed by atoms with Gasteiger partial charge < -0.3 is 0 Å². The van der Waals surface area contributed by atoms with Gasteiger partial charge in [0.05, 0.1) is 0 Å². The molecule has 0 aliphatic rings. The number of aryl methyl sites for hydroxylation is 3. The van der Waals surface area contributed by atoms with Crippen LogP contribution >= 0.6 is 11.3 Å². The largest absolute Gasteiger partial charge is 0.332 e. The van der Waals surface area contributed by atoms with Crippen LogP contribution in [0.1, 0.15) is 17.5 Å². The van der Waals surface area contributed by atoms with E-state index in [1.807, 2.05) is 38.1 Å². The van der Waals surface area contributed by atoms with Crippen LogP contribution < -0.4 is 16.6 Å². The molecular weight excluding hydrogens is 418 g/mol. The van der Waals surface area contributed by atoms with Crippen LogP contribution in [0.2, 0.25) is 0 Å². The molecule has 1 aromatic carbocycles. The zero-order valence-corrected chi connectivity index (χ0v) is 17.9. The Kier molecular flexibility index (Phi) is 5.42. The molecular formula is C20H19N7O3S. The summed E-state index contributed by atoms with van der Waals surface area (Å²) in [7, 11) is 1.50. The Hall–Kier alpha value is -3.73. The van der Waals surface area contributed by atoms with Gasteiger partial charge in [0.15, 0.2) is 11.5 Å². The summed E-state index contributed by atoms with van der Waals surface area (Å²) in [6, 6.07) is 7.61. The van der Waals surface area contributed by atoms with Gasteiger partial charge in [0.1, 0.15) is 16.9 Å². The van der Waals surface area contributed by atoms with E-state index in [0.717, 1.165) is 20.7 Å². The van der Waals surface area contributed by atoms with Crippen molar-refractivity contribution in [2.24, 2.45) is 7.05 Å². The summed E-state index contributed by atoms with van der Waals surface area (Å²) >= 11 is 1.24. The van der Waals surface area contributed by atoms with Crippen molar-refractivity contribution in [3.63, 3.8) is 0 Å². The zero-order valence-electron chi connectivity index (χ0n) is 17.1. The van der Waals surface area contributed by atoms with Gasteiger partial charge in [-0.15, -0.1) is 10.2 Å². The quantitative estimate of drug-likeness (QED) is 0.502. The Morgan fingerprint density at radius 1 is 1.16 bits per heavy atom. The molecule has 31 heavy (non-hydrogen) atoms. The average Bonchev–Trinajstić information content (AvgIpc) is 3.22. The lowest BCUT2D eigenvalue weighted by molar-refractivity contribution is -0.116. The number of amides is 1. The summed E-state index contributed by atoms with van der Waals surface area (Å²) in [6.45, 7) is 3.44. The molecule has 0 fully saturated rings. The number of aromatic nitrogens is 6. The van der Waals surface area contributed by atoms with Crippen molar-refractivity contribution >= 4 is 33.4 Å². The van der Waals surface area contributed by atoms with Crippen molar-refractivity contribution in [2.75, 3.05) is 5.32 Å². The Labute approximate surface area is 180 Å². The second kappa shape index (κ2) is 8.19. The van der Waals surface area contributed by atoms with Crippen LogP contribution in [0.5, 0.6) is 0 Å². The van der Waals surface area contributed by atoms with Gasteiger partial charge in [-0.05, 0) is 13.3 Å². The monoisotopic (exact) mass is 437 g/mol. The lowest BCUT2D eigenvalue weighted by Crippen LogP contribution is -2.42. The van der Waals surface area contributed by atoms with Gasteiger partial charge >= 0.3 is 5.69 Å². The average molecular weight is 437 g/mol. The van der Waals surface area contributed by atoms with Crippen LogP contribution in [0.25, 0.3) is 22.4 Å². The maximum Gasteiger partial charge on any atom is 0.332 e. The normalized spacial score (nSPS) is 11.1. The van der Waals surface area contributed by atoms with E-state index in [2.05, 4.69) is 25.5 Å². The lowest BCUT2D eigenvalue weighted by atomic mass is 10.1. The molecule has 1 N–H and O–H groups in total. The SMILES string of the molecule is CCc1nnc(NC(=O)Cn2c(=O)c3cnc(-c4ccc(C)cc4)nc3n(C)c2=O)s1. The van der Waals surface area contributed by atoms with Crippen LogP contribution in [0.4, 0.5) is 5.13 Å². The number of hydrogen-bond acceptors (Lipinski definition) is 8. The fourth-order valence-corrected chi connectivity index (χ4v) is 3.71. The van der Waals surface area contributed by atoms with E-state index in [1.165, 1.54) is 29.1 Å². The molecule has 11 heteroatoms.